The number of hydrogen-bond acceptors (Lipinski definition) is 11. The highest BCUT2D eigenvalue weighted by Crippen LogP contribution is 2.42. The van der Waals surface area contributed by atoms with Crippen LogP contribution in [0.1, 0.15) is 26.7 Å². The van der Waals surface area contributed by atoms with E-state index in [0.717, 1.165) is 0 Å². The van der Waals surface area contributed by atoms with E-state index >= 15 is 0 Å². The molecule has 13 nitrogen and oxygen atoms in total. The number of ketones is 2. The minimum absolute atomic E-state index is 0.179. The topological polar surface area (TPSA) is 205 Å². The smallest absolute Gasteiger partial charge is 0.317 e. The predicted molar refractivity (Wildman–Crippen MR) is 123 cm³/mol. The number of ether oxygens (including phenoxy) is 3. The van der Waals surface area contributed by atoms with Gasteiger partial charge in [-0.25, -0.2) is 0 Å². The minimum Gasteiger partial charge on any atom is -0.481 e. The molecule has 0 spiro atoms. The molecule has 4 rings (SSSR count). The maximum absolute atomic E-state index is 13.2. The van der Waals surface area contributed by atoms with Crippen LogP contribution in [0.4, 0.5) is 0 Å². The second-order valence-electron chi connectivity index (χ2n) is 10.3. The summed E-state index contributed by atoms with van der Waals surface area (Å²) in [4.78, 5) is 99.1. The van der Waals surface area contributed by atoms with Crippen molar-refractivity contribution >= 4 is 47.4 Å². The van der Waals surface area contributed by atoms with Crippen molar-refractivity contribution in [2.24, 2.45) is 47.3 Å². The Morgan fingerprint density at radius 3 is 1.36 bits per heavy atom. The summed E-state index contributed by atoms with van der Waals surface area (Å²) in [5.41, 5.74) is 0.359. The van der Waals surface area contributed by atoms with E-state index in [1.54, 1.807) is 0 Å². The maximum Gasteiger partial charge on any atom is 0.317 e. The number of carbonyl (C=O) groups is 8. The predicted octanol–water partition coefficient (Wildman–Crippen LogP) is 0.107. The van der Waals surface area contributed by atoms with Crippen molar-refractivity contribution < 1.29 is 62.8 Å². The van der Waals surface area contributed by atoms with Gasteiger partial charge in [0, 0.05) is 0 Å². The minimum atomic E-state index is -1.46. The Labute approximate surface area is 221 Å². The van der Waals surface area contributed by atoms with Crippen LogP contribution >= 0.6 is 0 Å². The quantitative estimate of drug-likeness (QED) is 0.197. The summed E-state index contributed by atoms with van der Waals surface area (Å²) in [6, 6.07) is 0. The molecule has 2 aliphatic heterocycles. The first kappa shape index (κ1) is 27.9. The summed E-state index contributed by atoms with van der Waals surface area (Å²) in [5.74, 6) is -17.9. The Balaban J connectivity index is 1.58. The van der Waals surface area contributed by atoms with E-state index in [1.807, 2.05) is 0 Å². The number of hydrogen-bond donors (Lipinski definition) is 2. The van der Waals surface area contributed by atoms with E-state index in [4.69, 9.17) is 14.2 Å². The van der Waals surface area contributed by atoms with Crippen molar-refractivity contribution in [2.75, 3.05) is 13.2 Å². The normalized spacial score (nSPS) is 34.5. The van der Waals surface area contributed by atoms with Gasteiger partial charge in [-0.05, 0) is 38.5 Å². The lowest BCUT2D eigenvalue weighted by Crippen LogP contribution is -2.43. The van der Waals surface area contributed by atoms with Gasteiger partial charge >= 0.3 is 35.8 Å². The van der Waals surface area contributed by atoms with Crippen LogP contribution in [0.2, 0.25) is 0 Å². The Hall–Kier alpha value is -4.16. The Morgan fingerprint density at radius 1 is 0.718 bits per heavy atom. The molecule has 8 atom stereocenters. The number of carboxylic acid groups (broad SMARTS) is 2. The highest BCUT2D eigenvalue weighted by atomic mass is 16.6. The van der Waals surface area contributed by atoms with Gasteiger partial charge < -0.3 is 24.4 Å². The number of carbonyl (C=O) groups excluding carboxylic acids is 6. The Kier molecular flexibility index (Phi) is 7.53. The van der Waals surface area contributed by atoms with E-state index in [2.05, 4.69) is 0 Å². The van der Waals surface area contributed by atoms with Crippen LogP contribution in [0.15, 0.2) is 23.3 Å². The molecule has 0 saturated carbocycles. The molecule has 0 aromatic rings. The number of allylic oxidation sites excluding steroid dienone is 2. The third-order valence-corrected chi connectivity index (χ3v) is 7.90. The molecule has 8 unspecified atom stereocenters. The lowest BCUT2D eigenvalue weighted by molar-refractivity contribution is -0.173. The van der Waals surface area contributed by atoms with Crippen LogP contribution in [0.25, 0.3) is 0 Å². The van der Waals surface area contributed by atoms with Gasteiger partial charge in [-0.1, -0.05) is 23.3 Å². The lowest BCUT2D eigenvalue weighted by atomic mass is 9.70. The summed E-state index contributed by atoms with van der Waals surface area (Å²) in [7, 11) is 0. The number of carboxylic acids is 2. The first-order chi connectivity index (χ1) is 18.3. The van der Waals surface area contributed by atoms with Crippen LogP contribution in [-0.4, -0.2) is 70.8 Å². The molecule has 0 amide bonds. The van der Waals surface area contributed by atoms with Crippen molar-refractivity contribution in [1.82, 2.24) is 0 Å². The zero-order valence-corrected chi connectivity index (χ0v) is 21.0. The van der Waals surface area contributed by atoms with Gasteiger partial charge in [-0.3, -0.25) is 38.4 Å². The number of Topliss-reactive ketones (excluding diaryl/α,β-unsaturated/α-hetero) is 2. The lowest BCUT2D eigenvalue weighted by Gasteiger charge is -2.34. The largest absolute Gasteiger partial charge is 0.481 e. The van der Waals surface area contributed by atoms with Crippen molar-refractivity contribution in [3.63, 3.8) is 0 Å². The highest BCUT2D eigenvalue weighted by Gasteiger charge is 2.51. The summed E-state index contributed by atoms with van der Waals surface area (Å²) in [5, 5.41) is 19.5. The first-order valence-electron chi connectivity index (χ1n) is 12.3. The molecule has 4 aliphatic rings. The zero-order chi connectivity index (χ0) is 28.8. The highest BCUT2D eigenvalue weighted by molar-refractivity contribution is 6.06. The fourth-order valence-electron chi connectivity index (χ4n) is 6.16. The molecule has 0 aromatic heterocycles. The molecule has 2 N–H and O–H groups in total. The Bertz CT molecular complexity index is 1110. The molecule has 208 valence electrons. The van der Waals surface area contributed by atoms with E-state index in [-0.39, 0.29) is 24.0 Å². The molecular weight excluding hydrogens is 520 g/mol. The Morgan fingerprint density at radius 2 is 1.08 bits per heavy atom. The van der Waals surface area contributed by atoms with E-state index in [0.29, 0.717) is 0 Å². The molecule has 0 radical (unpaired) electrons. The van der Waals surface area contributed by atoms with Crippen LogP contribution < -0.4 is 0 Å². The summed E-state index contributed by atoms with van der Waals surface area (Å²) < 4.78 is 14.6. The average Bonchev–Trinajstić information content (AvgIpc) is 3.36. The van der Waals surface area contributed by atoms with Gasteiger partial charge in [0.15, 0.2) is 24.8 Å². The third kappa shape index (κ3) is 5.12. The van der Waals surface area contributed by atoms with Crippen LogP contribution in [0.5, 0.6) is 0 Å². The molecular formula is C26H26O13. The van der Waals surface area contributed by atoms with Gasteiger partial charge in [0.25, 0.3) is 0 Å². The van der Waals surface area contributed by atoms with Gasteiger partial charge in [0.2, 0.25) is 0 Å². The second kappa shape index (κ2) is 10.5. The molecule has 13 heteroatoms. The number of aliphatic carboxylic acids is 2. The molecule has 2 saturated heterocycles. The molecule has 2 aliphatic carbocycles. The fraction of sp³-hybridized carbons (Fsp3) is 0.538. The second-order valence-corrected chi connectivity index (χ2v) is 10.3. The standard InChI is InChI=1S/C26H26O13/c1-9-3-11(19-15(27)7-37-25(19)35)5-13(17(9)21(29)30)23(33)39-24(34)14-6-12(4-10(2)18(14)22(31)32)20-16(28)8-38-26(20)36/h3-4,11-14,17-20H,5-8H2,1-2H3,(H,29,30)(H,31,32). The molecule has 2 fully saturated rings. The molecule has 0 bridgehead atoms. The van der Waals surface area contributed by atoms with E-state index < -0.39 is 108 Å². The van der Waals surface area contributed by atoms with Gasteiger partial charge in [0.1, 0.15) is 11.8 Å². The van der Waals surface area contributed by atoms with E-state index in [9.17, 15) is 48.6 Å². The molecule has 0 aromatic carbocycles. The maximum atomic E-state index is 13.2. The zero-order valence-electron chi connectivity index (χ0n) is 21.0. The molecule has 39 heavy (non-hydrogen) atoms. The van der Waals surface area contributed by atoms with Crippen molar-refractivity contribution in [3.8, 4) is 0 Å². The van der Waals surface area contributed by atoms with Crippen LogP contribution in [-0.2, 0) is 52.6 Å². The number of esters is 4. The average molecular weight is 546 g/mol. The summed E-state index contributed by atoms with van der Waals surface area (Å²) in [6.07, 6.45) is 2.25. The third-order valence-electron chi connectivity index (χ3n) is 7.90. The SMILES string of the molecule is CC1=CC(C2C(=O)COC2=O)CC(C(=O)OC(=O)C2CC(C3C(=O)COC3=O)C=C(C)C2C(=O)O)C1C(=O)O. The van der Waals surface area contributed by atoms with Gasteiger partial charge in [0.05, 0.1) is 23.7 Å². The van der Waals surface area contributed by atoms with Crippen LogP contribution in [0.3, 0.4) is 0 Å². The fourth-order valence-corrected chi connectivity index (χ4v) is 6.16. The van der Waals surface area contributed by atoms with Gasteiger partial charge in [-0.15, -0.1) is 0 Å². The summed E-state index contributed by atoms with van der Waals surface area (Å²) >= 11 is 0. The van der Waals surface area contributed by atoms with Gasteiger partial charge in [-0.2, -0.15) is 0 Å². The molecule has 2 heterocycles. The number of cyclic esters (lactones) is 2. The monoisotopic (exact) mass is 546 g/mol. The van der Waals surface area contributed by atoms with Crippen molar-refractivity contribution in [1.29, 1.82) is 0 Å². The van der Waals surface area contributed by atoms with Crippen molar-refractivity contribution in [2.45, 2.75) is 26.7 Å². The van der Waals surface area contributed by atoms with Crippen molar-refractivity contribution in [3.05, 3.63) is 23.3 Å². The summed E-state index contributed by atoms with van der Waals surface area (Å²) in [6.45, 7) is 1.95. The first-order valence-corrected chi connectivity index (χ1v) is 12.3. The number of rotatable bonds is 6. The van der Waals surface area contributed by atoms with Crippen LogP contribution in [0, 0.1) is 47.3 Å². The van der Waals surface area contributed by atoms with E-state index in [1.165, 1.54) is 26.0 Å².